The van der Waals surface area contributed by atoms with E-state index in [2.05, 4.69) is 5.32 Å². The molecule has 4 rings (SSSR count). The van der Waals surface area contributed by atoms with Gasteiger partial charge in [0.05, 0.1) is 18.1 Å². The number of hydrogen-bond acceptors (Lipinski definition) is 6. The van der Waals surface area contributed by atoms with E-state index in [1.807, 2.05) is 0 Å². The average molecular weight is 596 g/mol. The summed E-state index contributed by atoms with van der Waals surface area (Å²) >= 11 is 0. The number of anilines is 1. The van der Waals surface area contributed by atoms with Crippen molar-refractivity contribution in [1.29, 1.82) is 0 Å². The minimum atomic E-state index is -1.13. The van der Waals surface area contributed by atoms with Crippen molar-refractivity contribution in [2.75, 3.05) is 18.1 Å². The first-order valence-electron chi connectivity index (χ1n) is 14.1. The Hall–Kier alpha value is -4.35. The number of carbonyl (C=O) groups is 3. The Bertz CT molecular complexity index is 1390. The van der Waals surface area contributed by atoms with Gasteiger partial charge in [-0.3, -0.25) is 9.59 Å². The second kappa shape index (κ2) is 14.7. The quantitative estimate of drug-likeness (QED) is 0.152. The van der Waals surface area contributed by atoms with Gasteiger partial charge in [0, 0.05) is 5.69 Å². The molecule has 1 fully saturated rings. The van der Waals surface area contributed by atoms with Crippen molar-refractivity contribution in [2.45, 2.75) is 50.3 Å². The standard InChI is InChI=1S/C32H35F2N3O6/c33-22-8-4-20(5-9-22)28(38)17-16-26-30(37(31(26)40)24-12-10-23(34)11-13-24)21-6-14-25(15-7-21)43-19-29(39)36-27(32(41)42)3-1-2-18-35/h4-15,26-28,30,38H,1-3,16-19,35H2,(H,36,39)(H,41,42)/t26?,27-,28?,30?/m0/s1. The van der Waals surface area contributed by atoms with Crippen molar-refractivity contribution in [3.8, 4) is 5.75 Å². The number of nitrogens with zero attached hydrogens (tertiary/aromatic N) is 1. The van der Waals surface area contributed by atoms with Gasteiger partial charge in [-0.2, -0.15) is 0 Å². The highest BCUT2D eigenvalue weighted by Gasteiger charge is 2.48. The van der Waals surface area contributed by atoms with Gasteiger partial charge in [0.15, 0.2) is 6.61 Å². The molecule has 4 atom stereocenters. The van der Waals surface area contributed by atoms with Crippen LogP contribution in [0.5, 0.6) is 5.75 Å². The highest BCUT2D eigenvalue weighted by Crippen LogP contribution is 2.46. The Morgan fingerprint density at radius 3 is 2.16 bits per heavy atom. The van der Waals surface area contributed by atoms with Crippen LogP contribution in [0.15, 0.2) is 72.8 Å². The van der Waals surface area contributed by atoms with Crippen LogP contribution in [0.25, 0.3) is 0 Å². The summed E-state index contributed by atoms with van der Waals surface area (Å²) in [5, 5.41) is 22.4. The molecule has 0 saturated carbocycles. The summed E-state index contributed by atoms with van der Waals surface area (Å²) in [6.45, 7) is 0.0578. The van der Waals surface area contributed by atoms with Crippen LogP contribution in [0.2, 0.25) is 0 Å². The summed E-state index contributed by atoms with van der Waals surface area (Å²) in [6, 6.07) is 16.6. The van der Waals surface area contributed by atoms with Crippen molar-refractivity contribution >= 4 is 23.5 Å². The number of carboxylic acids is 1. The Morgan fingerprint density at radius 2 is 1.56 bits per heavy atom. The largest absolute Gasteiger partial charge is 0.484 e. The van der Waals surface area contributed by atoms with E-state index in [9.17, 15) is 33.4 Å². The molecule has 1 aliphatic heterocycles. The number of carbonyl (C=O) groups excluding carboxylic acids is 2. The molecule has 3 aromatic carbocycles. The Labute approximate surface area is 248 Å². The predicted octanol–water partition coefficient (Wildman–Crippen LogP) is 4.26. The zero-order valence-electron chi connectivity index (χ0n) is 23.5. The highest BCUT2D eigenvalue weighted by atomic mass is 19.1. The summed E-state index contributed by atoms with van der Waals surface area (Å²) in [7, 11) is 0. The van der Waals surface area contributed by atoms with Crippen LogP contribution in [0, 0.1) is 17.6 Å². The number of aliphatic carboxylic acids is 1. The van der Waals surface area contributed by atoms with Gasteiger partial charge in [-0.15, -0.1) is 0 Å². The van der Waals surface area contributed by atoms with Crippen LogP contribution in [-0.2, 0) is 14.4 Å². The second-order valence-electron chi connectivity index (χ2n) is 10.5. The molecule has 1 aliphatic rings. The van der Waals surface area contributed by atoms with Crippen molar-refractivity contribution in [3.63, 3.8) is 0 Å². The summed E-state index contributed by atoms with van der Waals surface area (Å²) in [4.78, 5) is 38.6. The molecular weight excluding hydrogens is 560 g/mol. The lowest BCUT2D eigenvalue weighted by Gasteiger charge is -2.48. The summed E-state index contributed by atoms with van der Waals surface area (Å²) in [6.07, 6.45) is 1.24. The maximum atomic E-state index is 13.6. The van der Waals surface area contributed by atoms with Crippen LogP contribution in [-0.4, -0.2) is 47.2 Å². The first-order valence-corrected chi connectivity index (χ1v) is 14.1. The monoisotopic (exact) mass is 595 g/mol. The summed E-state index contributed by atoms with van der Waals surface area (Å²) < 4.78 is 32.4. The van der Waals surface area contributed by atoms with Gasteiger partial charge in [-0.25, -0.2) is 13.6 Å². The molecule has 3 unspecified atom stereocenters. The molecule has 0 aromatic heterocycles. The third kappa shape index (κ3) is 8.14. The van der Waals surface area contributed by atoms with E-state index >= 15 is 0 Å². The molecule has 0 radical (unpaired) electrons. The number of unbranched alkanes of at least 4 members (excludes halogenated alkanes) is 1. The molecule has 0 bridgehead atoms. The van der Waals surface area contributed by atoms with Gasteiger partial charge in [-0.1, -0.05) is 24.3 Å². The molecule has 228 valence electrons. The molecule has 0 spiro atoms. The van der Waals surface area contributed by atoms with E-state index in [1.165, 1.54) is 48.5 Å². The van der Waals surface area contributed by atoms with E-state index in [0.29, 0.717) is 42.8 Å². The molecule has 11 heteroatoms. The number of benzene rings is 3. The average Bonchev–Trinajstić information content (AvgIpc) is 3.00. The Morgan fingerprint density at radius 1 is 0.930 bits per heavy atom. The first-order chi connectivity index (χ1) is 20.7. The summed E-state index contributed by atoms with van der Waals surface area (Å²) in [5.41, 5.74) is 7.30. The predicted molar refractivity (Wildman–Crippen MR) is 155 cm³/mol. The minimum absolute atomic E-state index is 0.167. The van der Waals surface area contributed by atoms with E-state index in [0.717, 1.165) is 5.56 Å². The van der Waals surface area contributed by atoms with Crippen LogP contribution in [0.1, 0.15) is 55.4 Å². The Kier molecular flexibility index (Phi) is 10.8. The van der Waals surface area contributed by atoms with Gasteiger partial charge < -0.3 is 30.9 Å². The maximum Gasteiger partial charge on any atom is 0.326 e. The molecule has 3 aromatic rings. The fourth-order valence-electron chi connectivity index (χ4n) is 5.19. The molecule has 1 heterocycles. The number of β-lactam (4-membered cyclic amide) rings is 1. The zero-order chi connectivity index (χ0) is 30.9. The van der Waals surface area contributed by atoms with Gasteiger partial charge >= 0.3 is 5.97 Å². The SMILES string of the molecule is NCCCC[C@H](NC(=O)COc1ccc(C2C(CCC(O)c3ccc(F)cc3)C(=O)N2c2ccc(F)cc2)cc1)C(=O)O. The van der Waals surface area contributed by atoms with Crippen LogP contribution in [0.3, 0.4) is 0 Å². The second-order valence-corrected chi connectivity index (χ2v) is 10.5. The molecular formula is C32H35F2N3O6. The normalized spacial score (nSPS) is 17.6. The lowest BCUT2D eigenvalue weighted by molar-refractivity contribution is -0.142. The number of ether oxygens (including phenoxy) is 1. The van der Waals surface area contributed by atoms with Gasteiger partial charge in [-0.05, 0) is 98.3 Å². The number of halogens is 2. The van der Waals surface area contributed by atoms with Crippen LogP contribution in [0.4, 0.5) is 14.5 Å². The molecule has 43 heavy (non-hydrogen) atoms. The number of nitrogens with two attached hydrogens (primary N) is 1. The third-order valence-corrected chi connectivity index (χ3v) is 7.50. The zero-order valence-corrected chi connectivity index (χ0v) is 23.5. The highest BCUT2D eigenvalue weighted by molar-refractivity contribution is 6.03. The topological polar surface area (TPSA) is 142 Å². The number of carboxylic acid groups (broad SMARTS) is 1. The van der Waals surface area contributed by atoms with Crippen molar-refractivity contribution in [3.05, 3.63) is 95.6 Å². The number of amides is 2. The lowest BCUT2D eigenvalue weighted by atomic mass is 9.78. The molecule has 9 nitrogen and oxygen atoms in total. The molecule has 1 saturated heterocycles. The molecule has 2 amide bonds. The third-order valence-electron chi connectivity index (χ3n) is 7.50. The lowest BCUT2D eigenvalue weighted by Crippen LogP contribution is -2.55. The Balaban J connectivity index is 1.42. The van der Waals surface area contributed by atoms with Crippen molar-refractivity contribution in [1.82, 2.24) is 5.32 Å². The van der Waals surface area contributed by atoms with Crippen molar-refractivity contribution in [2.24, 2.45) is 11.7 Å². The van der Waals surface area contributed by atoms with Gasteiger partial charge in [0.25, 0.3) is 5.91 Å². The maximum absolute atomic E-state index is 13.6. The van der Waals surface area contributed by atoms with Crippen LogP contribution >= 0.6 is 0 Å². The van der Waals surface area contributed by atoms with Gasteiger partial charge in [0.1, 0.15) is 23.4 Å². The smallest absolute Gasteiger partial charge is 0.326 e. The number of hydrogen-bond donors (Lipinski definition) is 4. The number of rotatable bonds is 15. The fourth-order valence-corrected chi connectivity index (χ4v) is 5.19. The van der Waals surface area contributed by atoms with E-state index in [1.54, 1.807) is 29.2 Å². The number of aliphatic hydroxyl groups is 1. The summed E-state index contributed by atoms with van der Waals surface area (Å²) in [5.74, 6) is -2.80. The number of aliphatic hydroxyl groups excluding tert-OH is 1. The minimum Gasteiger partial charge on any atom is -0.484 e. The number of nitrogens with one attached hydrogen (secondary N) is 1. The van der Waals surface area contributed by atoms with E-state index < -0.39 is 47.6 Å². The van der Waals surface area contributed by atoms with Crippen LogP contribution < -0.4 is 20.7 Å². The van der Waals surface area contributed by atoms with E-state index in [4.69, 9.17) is 10.5 Å². The van der Waals surface area contributed by atoms with E-state index in [-0.39, 0.29) is 25.4 Å². The molecule has 5 N–H and O–H groups in total. The van der Waals surface area contributed by atoms with Gasteiger partial charge in [0.2, 0.25) is 5.91 Å². The fraction of sp³-hybridized carbons (Fsp3) is 0.344. The molecule has 0 aliphatic carbocycles. The van der Waals surface area contributed by atoms with Crippen molar-refractivity contribution < 1.29 is 38.1 Å². The first kappa shape index (κ1) is 31.6.